The maximum Gasteiger partial charge on any atom is 0.252 e. The van der Waals surface area contributed by atoms with Crippen LogP contribution in [0.25, 0.3) is 11.1 Å². The zero-order chi connectivity index (χ0) is 29.1. The molecule has 0 aliphatic carbocycles. The molecule has 13 heteroatoms. The third kappa shape index (κ3) is 6.49. The van der Waals surface area contributed by atoms with E-state index in [9.17, 15) is 26.0 Å². The molecular formula is C27H29FN4O6S2. The molecule has 4 rings (SSSR count). The molecule has 1 amide bonds. The number of pyridine rings is 1. The minimum absolute atomic E-state index is 0.0126. The van der Waals surface area contributed by atoms with Gasteiger partial charge in [-0.15, -0.1) is 0 Å². The van der Waals surface area contributed by atoms with Crippen LogP contribution in [0, 0.1) is 5.82 Å². The second-order valence-corrected chi connectivity index (χ2v) is 12.8. The number of aromatic nitrogens is 1. The number of aryl methyl sites for hydroxylation is 1. The Balaban J connectivity index is 1.64. The van der Waals surface area contributed by atoms with Gasteiger partial charge in [-0.1, -0.05) is 37.3 Å². The van der Waals surface area contributed by atoms with Gasteiger partial charge in [-0.05, 0) is 54.3 Å². The number of nitrogens with one attached hydrogen (secondary N) is 1. The van der Waals surface area contributed by atoms with Crippen LogP contribution >= 0.6 is 0 Å². The summed E-state index contributed by atoms with van der Waals surface area (Å²) in [4.78, 5) is 17.0. The van der Waals surface area contributed by atoms with E-state index >= 15 is 0 Å². The highest BCUT2D eigenvalue weighted by molar-refractivity contribution is 7.92. The van der Waals surface area contributed by atoms with Crippen molar-refractivity contribution in [2.75, 3.05) is 23.7 Å². The second-order valence-electron chi connectivity index (χ2n) is 9.14. The molecule has 0 bridgehead atoms. The minimum Gasteiger partial charge on any atom is -0.441 e. The molecule has 0 aliphatic rings. The van der Waals surface area contributed by atoms with E-state index in [0.29, 0.717) is 22.9 Å². The first-order valence-electron chi connectivity index (χ1n) is 12.4. The van der Waals surface area contributed by atoms with Crippen molar-refractivity contribution in [3.8, 4) is 0 Å². The van der Waals surface area contributed by atoms with Gasteiger partial charge in [-0.3, -0.25) is 9.10 Å². The van der Waals surface area contributed by atoms with Crippen LogP contribution in [0.4, 0.5) is 10.2 Å². The van der Waals surface area contributed by atoms with Crippen molar-refractivity contribution in [1.29, 1.82) is 0 Å². The number of halogens is 1. The maximum atomic E-state index is 13.4. The predicted molar refractivity (Wildman–Crippen MR) is 150 cm³/mol. The smallest absolute Gasteiger partial charge is 0.252 e. The standard InChI is InChI=1S/C27H29FN4O6S2/c1-3-19-17-22-24(25(29)33)23(16-18-10-12-20(28)13-11-18)38-27(22)31-26(19)32(39(2,34)35)15-7-14-30-40(36,37)21-8-5-4-6-9-21/h4-6,8-13,17,30H,3,7,14-16H2,1-2H3,(H2,29,33). The number of nitrogens with zero attached hydrogens (tertiary/aromatic N) is 2. The van der Waals surface area contributed by atoms with Gasteiger partial charge in [0, 0.05) is 19.5 Å². The van der Waals surface area contributed by atoms with E-state index in [2.05, 4.69) is 9.71 Å². The Morgan fingerprint density at radius 2 is 1.75 bits per heavy atom. The lowest BCUT2D eigenvalue weighted by Crippen LogP contribution is -2.35. The monoisotopic (exact) mass is 588 g/mol. The average Bonchev–Trinajstić information content (AvgIpc) is 3.25. The number of nitrogens with two attached hydrogens (primary N) is 1. The van der Waals surface area contributed by atoms with Gasteiger partial charge in [0.25, 0.3) is 5.91 Å². The topological polar surface area (TPSA) is 153 Å². The molecule has 3 N–H and O–H groups in total. The number of amides is 1. The summed E-state index contributed by atoms with van der Waals surface area (Å²) in [7, 11) is -7.59. The SMILES string of the molecule is CCc1cc2c(C(N)=O)c(Cc3ccc(F)cc3)oc2nc1N(CCCNS(=O)(=O)c1ccccc1)S(C)(=O)=O. The fraction of sp³-hybridized carbons (Fsp3) is 0.259. The minimum atomic E-state index is -3.83. The van der Waals surface area contributed by atoms with Gasteiger partial charge in [0.1, 0.15) is 17.4 Å². The molecule has 0 fully saturated rings. The largest absolute Gasteiger partial charge is 0.441 e. The zero-order valence-corrected chi connectivity index (χ0v) is 23.6. The van der Waals surface area contributed by atoms with Crippen LogP contribution < -0.4 is 14.8 Å². The predicted octanol–water partition coefficient (Wildman–Crippen LogP) is 3.35. The highest BCUT2D eigenvalue weighted by Crippen LogP contribution is 2.32. The Labute approximate surface area is 232 Å². The summed E-state index contributed by atoms with van der Waals surface area (Å²) >= 11 is 0. The van der Waals surface area contributed by atoms with Crippen LogP contribution in [0.1, 0.15) is 40.6 Å². The van der Waals surface area contributed by atoms with Crippen LogP contribution in [-0.2, 0) is 32.9 Å². The molecule has 10 nitrogen and oxygen atoms in total. The number of furan rings is 1. The van der Waals surface area contributed by atoms with E-state index in [1.165, 1.54) is 24.3 Å². The first kappa shape index (κ1) is 29.2. The summed E-state index contributed by atoms with van der Waals surface area (Å²) in [6.07, 6.45) is 1.70. The molecule has 40 heavy (non-hydrogen) atoms. The van der Waals surface area contributed by atoms with Crippen LogP contribution in [-0.4, -0.2) is 47.1 Å². The summed E-state index contributed by atoms with van der Waals surface area (Å²) < 4.78 is 73.4. The Bertz CT molecular complexity index is 1740. The Morgan fingerprint density at radius 3 is 2.35 bits per heavy atom. The zero-order valence-electron chi connectivity index (χ0n) is 21.9. The number of hydrogen-bond donors (Lipinski definition) is 2. The van der Waals surface area contributed by atoms with Crippen molar-refractivity contribution in [2.24, 2.45) is 5.73 Å². The number of fused-ring (bicyclic) bond motifs is 1. The molecule has 0 atom stereocenters. The molecule has 0 unspecified atom stereocenters. The van der Waals surface area contributed by atoms with Gasteiger partial charge in [0.2, 0.25) is 25.8 Å². The first-order valence-corrected chi connectivity index (χ1v) is 15.8. The molecule has 0 aliphatic heterocycles. The highest BCUT2D eigenvalue weighted by Gasteiger charge is 2.26. The number of primary amides is 1. The number of sulfonamides is 2. The van der Waals surface area contributed by atoms with E-state index < -0.39 is 31.8 Å². The highest BCUT2D eigenvalue weighted by atomic mass is 32.2. The van der Waals surface area contributed by atoms with Gasteiger partial charge < -0.3 is 10.2 Å². The molecular weight excluding hydrogens is 559 g/mol. The van der Waals surface area contributed by atoms with Gasteiger partial charge >= 0.3 is 0 Å². The van der Waals surface area contributed by atoms with Crippen molar-refractivity contribution >= 4 is 42.9 Å². The second kappa shape index (κ2) is 11.7. The Kier molecular flexibility index (Phi) is 8.57. The lowest BCUT2D eigenvalue weighted by atomic mass is 10.0. The van der Waals surface area contributed by atoms with Crippen molar-refractivity contribution in [2.45, 2.75) is 31.1 Å². The van der Waals surface area contributed by atoms with Crippen LogP contribution in [0.2, 0.25) is 0 Å². The molecule has 0 radical (unpaired) electrons. The average molecular weight is 589 g/mol. The van der Waals surface area contributed by atoms with E-state index in [1.807, 2.05) is 6.92 Å². The van der Waals surface area contributed by atoms with E-state index in [0.717, 1.165) is 10.6 Å². The lowest BCUT2D eigenvalue weighted by Gasteiger charge is -2.23. The summed E-state index contributed by atoms with van der Waals surface area (Å²) in [6.45, 7) is 1.74. The summed E-state index contributed by atoms with van der Waals surface area (Å²) in [5.74, 6) is -0.808. The van der Waals surface area contributed by atoms with Gasteiger partial charge in [-0.2, -0.15) is 4.98 Å². The number of carbonyl (C=O) groups is 1. The van der Waals surface area contributed by atoms with Crippen LogP contribution in [0.3, 0.4) is 0 Å². The molecule has 212 valence electrons. The van der Waals surface area contributed by atoms with Crippen LogP contribution in [0.5, 0.6) is 0 Å². The fourth-order valence-electron chi connectivity index (χ4n) is 4.30. The number of hydrogen-bond acceptors (Lipinski definition) is 7. The normalized spacial score (nSPS) is 12.1. The Morgan fingerprint density at radius 1 is 1.07 bits per heavy atom. The Hall–Kier alpha value is -3.81. The summed E-state index contributed by atoms with van der Waals surface area (Å²) in [5, 5.41) is 0.342. The van der Waals surface area contributed by atoms with E-state index in [-0.39, 0.29) is 53.7 Å². The summed E-state index contributed by atoms with van der Waals surface area (Å²) in [5.41, 5.74) is 7.02. The van der Waals surface area contributed by atoms with Gasteiger partial charge in [0.05, 0.1) is 22.1 Å². The number of rotatable bonds is 12. The quantitative estimate of drug-likeness (QED) is 0.241. The number of anilines is 1. The maximum absolute atomic E-state index is 13.4. The van der Waals surface area contributed by atoms with Gasteiger partial charge in [0.15, 0.2) is 0 Å². The molecule has 2 aromatic carbocycles. The molecule has 2 aromatic heterocycles. The van der Waals surface area contributed by atoms with Gasteiger partial charge in [-0.25, -0.2) is 25.9 Å². The van der Waals surface area contributed by atoms with Crippen molar-refractivity contribution in [3.05, 3.63) is 88.9 Å². The molecule has 0 saturated heterocycles. The fourth-order valence-corrected chi connectivity index (χ4v) is 6.33. The molecule has 2 heterocycles. The summed E-state index contributed by atoms with van der Waals surface area (Å²) in [6, 6.07) is 15.2. The number of carbonyl (C=O) groups excluding carboxylic acids is 1. The first-order chi connectivity index (χ1) is 18.9. The lowest BCUT2D eigenvalue weighted by molar-refractivity contribution is 0.1000. The van der Waals surface area contributed by atoms with E-state index in [4.69, 9.17) is 10.2 Å². The third-order valence-electron chi connectivity index (χ3n) is 6.24. The van der Waals surface area contributed by atoms with Crippen molar-refractivity contribution in [1.82, 2.24) is 9.71 Å². The van der Waals surface area contributed by atoms with E-state index in [1.54, 1.807) is 36.4 Å². The van der Waals surface area contributed by atoms with Crippen molar-refractivity contribution in [3.63, 3.8) is 0 Å². The van der Waals surface area contributed by atoms with Crippen molar-refractivity contribution < 1.29 is 30.4 Å². The molecule has 0 saturated carbocycles. The molecule has 4 aromatic rings. The third-order valence-corrected chi connectivity index (χ3v) is 8.87. The number of benzene rings is 2. The van der Waals surface area contributed by atoms with Crippen LogP contribution in [0.15, 0.2) is 70.0 Å². The molecule has 0 spiro atoms.